The van der Waals surface area contributed by atoms with Crippen molar-refractivity contribution in [2.75, 3.05) is 18.4 Å². The van der Waals surface area contributed by atoms with Crippen molar-refractivity contribution in [2.24, 2.45) is 0 Å². The van der Waals surface area contributed by atoms with Gasteiger partial charge >= 0.3 is 0 Å². The lowest BCUT2D eigenvalue weighted by molar-refractivity contribution is 0.328. The highest BCUT2D eigenvalue weighted by molar-refractivity contribution is 5.62. The van der Waals surface area contributed by atoms with E-state index < -0.39 is 0 Å². The molecular weight excluding hydrogens is 296 g/mol. The third-order valence-electron chi connectivity index (χ3n) is 4.59. The Morgan fingerprint density at radius 3 is 2.62 bits per heavy atom. The van der Waals surface area contributed by atoms with Crippen LogP contribution >= 0.6 is 0 Å². The van der Waals surface area contributed by atoms with Gasteiger partial charge in [0.2, 0.25) is 0 Å². The number of nitrogens with zero attached hydrogens (tertiary/aromatic N) is 2. The third-order valence-corrected chi connectivity index (χ3v) is 4.59. The quantitative estimate of drug-likeness (QED) is 0.753. The van der Waals surface area contributed by atoms with Gasteiger partial charge in [-0.05, 0) is 35.7 Å². The smallest absolute Gasteiger partial charge is 0.0650 e. The average Bonchev–Trinajstić information content (AvgIpc) is 3.29. The van der Waals surface area contributed by atoms with Gasteiger partial charge in [0.1, 0.15) is 0 Å². The zero-order valence-corrected chi connectivity index (χ0v) is 13.7. The summed E-state index contributed by atoms with van der Waals surface area (Å²) >= 11 is 0. The number of aromatic amines is 1. The highest BCUT2D eigenvalue weighted by Gasteiger charge is 2.22. The Morgan fingerprint density at radius 2 is 1.88 bits per heavy atom. The maximum Gasteiger partial charge on any atom is 0.0650 e. The number of hydrogen-bond donors (Lipinski definition) is 2. The Bertz CT molecular complexity index is 750. The van der Waals surface area contributed by atoms with Crippen LogP contribution < -0.4 is 5.32 Å². The van der Waals surface area contributed by atoms with E-state index in [0.29, 0.717) is 6.04 Å². The molecule has 122 valence electrons. The number of aromatic nitrogens is 2. The van der Waals surface area contributed by atoms with Gasteiger partial charge in [-0.2, -0.15) is 5.10 Å². The van der Waals surface area contributed by atoms with E-state index in [-0.39, 0.29) is 0 Å². The van der Waals surface area contributed by atoms with Crippen molar-refractivity contribution in [1.29, 1.82) is 0 Å². The number of H-pyrrole nitrogens is 1. The normalized spacial score (nSPS) is 17.9. The van der Waals surface area contributed by atoms with Gasteiger partial charge in [-0.1, -0.05) is 42.5 Å². The summed E-state index contributed by atoms with van der Waals surface area (Å²) in [5, 5.41) is 10.7. The summed E-state index contributed by atoms with van der Waals surface area (Å²) in [6, 6.07) is 21.8. The minimum Gasteiger partial charge on any atom is -0.381 e. The van der Waals surface area contributed by atoms with Crippen LogP contribution in [0.25, 0.3) is 11.3 Å². The summed E-state index contributed by atoms with van der Waals surface area (Å²) in [6.45, 7) is 3.29. The van der Waals surface area contributed by atoms with E-state index in [1.54, 1.807) is 6.20 Å². The predicted octanol–water partition coefficient (Wildman–Crippen LogP) is 3.76. The van der Waals surface area contributed by atoms with Gasteiger partial charge in [-0.15, -0.1) is 0 Å². The van der Waals surface area contributed by atoms with Crippen LogP contribution in [-0.4, -0.2) is 34.2 Å². The maximum absolute atomic E-state index is 4.00. The Balaban J connectivity index is 1.33. The van der Waals surface area contributed by atoms with Gasteiger partial charge in [0.25, 0.3) is 0 Å². The molecule has 1 aliphatic rings. The van der Waals surface area contributed by atoms with E-state index in [9.17, 15) is 0 Å². The molecule has 2 aromatic carbocycles. The van der Waals surface area contributed by atoms with Crippen LogP contribution in [0, 0.1) is 0 Å². The van der Waals surface area contributed by atoms with E-state index in [4.69, 9.17) is 0 Å². The molecule has 0 radical (unpaired) electrons. The summed E-state index contributed by atoms with van der Waals surface area (Å²) < 4.78 is 0. The lowest BCUT2D eigenvalue weighted by Gasteiger charge is -2.17. The van der Waals surface area contributed by atoms with Gasteiger partial charge < -0.3 is 5.32 Å². The molecule has 0 bridgehead atoms. The maximum atomic E-state index is 4.00. The number of hydrogen-bond acceptors (Lipinski definition) is 3. The molecule has 0 aliphatic carbocycles. The molecular formula is C20H22N4. The van der Waals surface area contributed by atoms with Crippen LogP contribution in [0.2, 0.25) is 0 Å². The van der Waals surface area contributed by atoms with Crippen LogP contribution in [0.4, 0.5) is 5.69 Å². The van der Waals surface area contributed by atoms with E-state index in [2.05, 4.69) is 75.0 Å². The second kappa shape index (κ2) is 6.89. The zero-order chi connectivity index (χ0) is 16.2. The molecule has 2 heterocycles. The molecule has 4 nitrogen and oxygen atoms in total. The molecule has 3 aromatic rings. The van der Waals surface area contributed by atoms with Crippen molar-refractivity contribution in [3.63, 3.8) is 0 Å². The van der Waals surface area contributed by atoms with E-state index in [1.165, 1.54) is 17.7 Å². The third kappa shape index (κ3) is 3.49. The topological polar surface area (TPSA) is 44.0 Å². The van der Waals surface area contributed by atoms with Gasteiger partial charge in [-0.25, -0.2) is 0 Å². The zero-order valence-electron chi connectivity index (χ0n) is 13.7. The first-order valence-corrected chi connectivity index (χ1v) is 8.49. The molecule has 0 spiro atoms. The first-order valence-electron chi connectivity index (χ1n) is 8.49. The molecule has 4 rings (SSSR count). The van der Waals surface area contributed by atoms with Crippen molar-refractivity contribution in [2.45, 2.75) is 19.0 Å². The fourth-order valence-corrected chi connectivity index (χ4v) is 3.33. The molecule has 1 aromatic heterocycles. The Hall–Kier alpha value is -2.59. The Morgan fingerprint density at radius 1 is 1.04 bits per heavy atom. The first kappa shape index (κ1) is 15.0. The summed E-state index contributed by atoms with van der Waals surface area (Å²) in [6.07, 6.45) is 2.97. The van der Waals surface area contributed by atoms with Gasteiger partial charge in [0, 0.05) is 37.6 Å². The number of nitrogens with one attached hydrogen (secondary N) is 2. The van der Waals surface area contributed by atoms with Crippen molar-refractivity contribution >= 4 is 5.69 Å². The Kier molecular flexibility index (Phi) is 4.30. The molecule has 0 amide bonds. The number of rotatable bonds is 5. The van der Waals surface area contributed by atoms with Gasteiger partial charge in [-0.3, -0.25) is 10.00 Å². The summed E-state index contributed by atoms with van der Waals surface area (Å²) in [5.41, 5.74) is 4.79. The molecule has 2 N–H and O–H groups in total. The van der Waals surface area contributed by atoms with Crippen molar-refractivity contribution < 1.29 is 0 Å². The second-order valence-corrected chi connectivity index (χ2v) is 6.40. The first-order chi connectivity index (χ1) is 11.9. The van der Waals surface area contributed by atoms with Crippen molar-refractivity contribution in [1.82, 2.24) is 15.1 Å². The highest BCUT2D eigenvalue weighted by atomic mass is 15.2. The molecule has 1 saturated heterocycles. The molecule has 4 heteroatoms. The molecule has 0 saturated carbocycles. The number of benzene rings is 2. The Labute approximate surface area is 142 Å². The molecule has 1 aliphatic heterocycles. The standard InChI is InChI=1S/C20H22N4/c1-2-4-16(5-3-1)14-24-13-11-19(15-24)22-18-8-6-17(7-9-18)20-10-12-21-23-20/h1-10,12,19,22H,11,13-15H2,(H,21,23). The SMILES string of the molecule is c1ccc(CN2CCC(Nc3ccc(-c4ccn[nH]4)cc3)C2)cc1. The van der Waals surface area contributed by atoms with Crippen LogP contribution in [0.3, 0.4) is 0 Å². The molecule has 1 unspecified atom stereocenters. The highest BCUT2D eigenvalue weighted by Crippen LogP contribution is 2.21. The second-order valence-electron chi connectivity index (χ2n) is 6.40. The molecule has 24 heavy (non-hydrogen) atoms. The number of anilines is 1. The largest absolute Gasteiger partial charge is 0.381 e. The summed E-state index contributed by atoms with van der Waals surface area (Å²) in [5.74, 6) is 0. The van der Waals surface area contributed by atoms with Crippen LogP contribution in [0.1, 0.15) is 12.0 Å². The minimum absolute atomic E-state index is 0.520. The van der Waals surface area contributed by atoms with Crippen molar-refractivity contribution in [3.05, 3.63) is 72.4 Å². The molecule has 1 atom stereocenters. The summed E-state index contributed by atoms with van der Waals surface area (Å²) in [7, 11) is 0. The average molecular weight is 318 g/mol. The van der Waals surface area contributed by atoms with Crippen LogP contribution in [-0.2, 0) is 6.54 Å². The monoisotopic (exact) mass is 318 g/mol. The van der Waals surface area contributed by atoms with Gasteiger partial charge in [0.05, 0.1) is 5.69 Å². The lowest BCUT2D eigenvalue weighted by Crippen LogP contribution is -2.25. The predicted molar refractivity (Wildman–Crippen MR) is 97.8 cm³/mol. The van der Waals surface area contributed by atoms with Crippen LogP contribution in [0.15, 0.2) is 66.9 Å². The minimum atomic E-state index is 0.520. The fourth-order valence-electron chi connectivity index (χ4n) is 3.33. The van der Waals surface area contributed by atoms with Crippen LogP contribution in [0.5, 0.6) is 0 Å². The summed E-state index contributed by atoms with van der Waals surface area (Å²) in [4.78, 5) is 2.52. The van der Waals surface area contributed by atoms with Crippen molar-refractivity contribution in [3.8, 4) is 11.3 Å². The van der Waals surface area contributed by atoms with Gasteiger partial charge in [0.15, 0.2) is 0 Å². The van der Waals surface area contributed by atoms with E-state index >= 15 is 0 Å². The number of likely N-dealkylation sites (tertiary alicyclic amines) is 1. The van der Waals surface area contributed by atoms with E-state index in [1.807, 2.05) is 6.07 Å². The lowest BCUT2D eigenvalue weighted by atomic mass is 10.1. The molecule has 1 fully saturated rings. The fraction of sp³-hybridized carbons (Fsp3) is 0.250. The van der Waals surface area contributed by atoms with E-state index in [0.717, 1.165) is 30.9 Å².